The van der Waals surface area contributed by atoms with Crippen LogP contribution in [0, 0.1) is 13.8 Å². The molecule has 0 saturated carbocycles. The van der Waals surface area contributed by atoms with E-state index in [2.05, 4.69) is 27.9 Å². The predicted octanol–water partition coefficient (Wildman–Crippen LogP) is 4.75. The van der Waals surface area contributed by atoms with Crippen molar-refractivity contribution >= 4 is 34.4 Å². The zero-order valence-electron chi connectivity index (χ0n) is 15.0. The van der Waals surface area contributed by atoms with Crippen LogP contribution in [0.3, 0.4) is 0 Å². The Kier molecular flexibility index (Phi) is 4.32. The molecule has 134 valence electrons. The number of fused-ring (bicyclic) bond motifs is 1. The Morgan fingerprint density at radius 3 is 2.65 bits per heavy atom. The number of hydrogen-bond donors (Lipinski definition) is 1. The van der Waals surface area contributed by atoms with E-state index in [1.165, 1.54) is 15.3 Å². The van der Waals surface area contributed by atoms with E-state index >= 15 is 0 Å². The van der Waals surface area contributed by atoms with Crippen LogP contribution in [0.5, 0.6) is 0 Å². The Hall–Kier alpha value is -2.18. The highest BCUT2D eigenvalue weighted by Gasteiger charge is 2.35. The number of aryl methyl sites for hydroxylation is 1. The Balaban J connectivity index is 1.78. The molecule has 1 amide bonds. The molecule has 0 bridgehead atoms. The molecule has 4 heterocycles. The summed E-state index contributed by atoms with van der Waals surface area (Å²) in [5.74, 6) is -0.0442. The Morgan fingerprint density at radius 2 is 2.00 bits per heavy atom. The highest BCUT2D eigenvalue weighted by Crippen LogP contribution is 2.40. The number of nitrogens with zero attached hydrogens (tertiary/aromatic N) is 1. The van der Waals surface area contributed by atoms with E-state index in [0.717, 1.165) is 17.7 Å². The fraction of sp³-hybridized carbons (Fsp3) is 0.300. The van der Waals surface area contributed by atoms with Gasteiger partial charge >= 0.3 is 0 Å². The molecule has 3 aromatic heterocycles. The molecule has 1 N–H and O–H groups in total. The van der Waals surface area contributed by atoms with Crippen LogP contribution in [0.15, 0.2) is 29.0 Å². The molecule has 0 unspecified atom stereocenters. The molecule has 0 aromatic carbocycles. The second-order valence-corrected chi connectivity index (χ2v) is 8.63. The maximum Gasteiger partial charge on any atom is 0.271 e. The van der Waals surface area contributed by atoms with Crippen molar-refractivity contribution in [3.63, 3.8) is 0 Å². The molecule has 0 aliphatic carbocycles. The number of ketones is 1. The van der Waals surface area contributed by atoms with E-state index in [1.807, 2.05) is 24.8 Å². The van der Waals surface area contributed by atoms with E-state index in [1.54, 1.807) is 29.6 Å². The van der Waals surface area contributed by atoms with Crippen LogP contribution in [0.25, 0.3) is 0 Å². The number of aromatic nitrogens is 1. The number of Topliss-reactive ketones (excluding diaryl/α,β-unsaturated/α-hetero) is 1. The number of rotatable bonds is 3. The van der Waals surface area contributed by atoms with Gasteiger partial charge in [-0.25, -0.2) is 0 Å². The summed E-state index contributed by atoms with van der Waals surface area (Å²) in [5, 5.41) is 4.16. The zero-order chi connectivity index (χ0) is 18.4. The smallest absolute Gasteiger partial charge is 0.271 e. The second-order valence-electron chi connectivity index (χ2n) is 6.65. The number of H-pyrrole nitrogens is 1. The van der Waals surface area contributed by atoms with Crippen molar-refractivity contribution in [2.45, 2.75) is 33.2 Å². The SMILES string of the molecule is CC(=O)c1c(C)[nH]c(C(=O)N2CCc3sccc3[C@H]2c2cccs2)c1C. The number of hydrogen-bond acceptors (Lipinski definition) is 4. The summed E-state index contributed by atoms with van der Waals surface area (Å²) in [6.45, 7) is 5.93. The van der Waals surface area contributed by atoms with Gasteiger partial charge in [0.2, 0.25) is 0 Å². The number of thiophene rings is 2. The summed E-state index contributed by atoms with van der Waals surface area (Å²) in [4.78, 5) is 33.0. The van der Waals surface area contributed by atoms with Gasteiger partial charge in [0.25, 0.3) is 5.91 Å². The zero-order valence-corrected chi connectivity index (χ0v) is 16.6. The minimum Gasteiger partial charge on any atom is -0.354 e. The second kappa shape index (κ2) is 6.52. The number of amides is 1. The summed E-state index contributed by atoms with van der Waals surface area (Å²) in [6.07, 6.45) is 0.874. The molecule has 3 aromatic rings. The number of aromatic amines is 1. The van der Waals surface area contributed by atoms with Gasteiger partial charge in [-0.3, -0.25) is 9.59 Å². The summed E-state index contributed by atoms with van der Waals surface area (Å²) in [7, 11) is 0. The van der Waals surface area contributed by atoms with E-state index < -0.39 is 0 Å². The molecule has 4 nitrogen and oxygen atoms in total. The largest absolute Gasteiger partial charge is 0.354 e. The third-order valence-electron chi connectivity index (χ3n) is 5.04. The van der Waals surface area contributed by atoms with Crippen molar-refractivity contribution in [3.05, 3.63) is 66.8 Å². The van der Waals surface area contributed by atoms with Crippen molar-refractivity contribution < 1.29 is 9.59 Å². The van der Waals surface area contributed by atoms with E-state index in [4.69, 9.17) is 0 Å². The lowest BCUT2D eigenvalue weighted by Crippen LogP contribution is -2.40. The van der Waals surface area contributed by atoms with E-state index in [0.29, 0.717) is 17.8 Å². The van der Waals surface area contributed by atoms with Crippen molar-refractivity contribution in [2.75, 3.05) is 6.54 Å². The van der Waals surface area contributed by atoms with Crippen LogP contribution >= 0.6 is 22.7 Å². The number of carbonyl (C=O) groups is 2. The monoisotopic (exact) mass is 384 g/mol. The standard InChI is InChI=1S/C20H20N2O2S2/c1-11-17(13(3)23)12(2)21-18(11)20(24)22-8-6-15-14(7-10-26-15)19(22)16-5-4-9-25-16/h4-5,7,9-10,19,21H,6,8H2,1-3H3/t19-/m0/s1. The lowest BCUT2D eigenvalue weighted by Gasteiger charge is -2.35. The summed E-state index contributed by atoms with van der Waals surface area (Å²) < 4.78 is 0. The third kappa shape index (κ3) is 2.64. The van der Waals surface area contributed by atoms with Crippen LogP contribution in [0.4, 0.5) is 0 Å². The van der Waals surface area contributed by atoms with Gasteiger partial charge in [-0.1, -0.05) is 6.07 Å². The minimum atomic E-state index is -0.0544. The van der Waals surface area contributed by atoms with Crippen molar-refractivity contribution in [1.29, 1.82) is 0 Å². The molecule has 0 radical (unpaired) electrons. The van der Waals surface area contributed by atoms with Crippen LogP contribution in [-0.2, 0) is 6.42 Å². The summed E-state index contributed by atoms with van der Waals surface area (Å²) >= 11 is 3.44. The van der Waals surface area contributed by atoms with Crippen molar-refractivity contribution in [2.24, 2.45) is 0 Å². The predicted molar refractivity (Wildman–Crippen MR) is 105 cm³/mol. The van der Waals surface area contributed by atoms with Gasteiger partial charge < -0.3 is 9.88 Å². The van der Waals surface area contributed by atoms with E-state index in [9.17, 15) is 9.59 Å². The van der Waals surface area contributed by atoms with Crippen molar-refractivity contribution in [1.82, 2.24) is 9.88 Å². The first-order valence-electron chi connectivity index (χ1n) is 8.59. The molecule has 0 fully saturated rings. The first kappa shape index (κ1) is 17.2. The maximum absolute atomic E-state index is 13.4. The van der Waals surface area contributed by atoms with Gasteiger partial charge in [-0.2, -0.15) is 0 Å². The molecule has 4 rings (SSSR count). The van der Waals surface area contributed by atoms with Crippen LogP contribution in [0.2, 0.25) is 0 Å². The van der Waals surface area contributed by atoms with Gasteiger partial charge in [0.15, 0.2) is 5.78 Å². The Morgan fingerprint density at radius 1 is 1.19 bits per heavy atom. The average molecular weight is 385 g/mol. The van der Waals surface area contributed by atoms with Crippen LogP contribution < -0.4 is 0 Å². The lowest BCUT2D eigenvalue weighted by atomic mass is 9.97. The Labute approximate surface area is 160 Å². The molecule has 1 aliphatic rings. The lowest BCUT2D eigenvalue weighted by molar-refractivity contribution is 0.0692. The van der Waals surface area contributed by atoms with Gasteiger partial charge in [0, 0.05) is 27.6 Å². The van der Waals surface area contributed by atoms with E-state index in [-0.39, 0.29) is 17.7 Å². The first-order chi connectivity index (χ1) is 12.5. The molecule has 1 aliphatic heterocycles. The summed E-state index contributed by atoms with van der Waals surface area (Å²) in [6, 6.07) is 6.20. The topological polar surface area (TPSA) is 53.2 Å². The van der Waals surface area contributed by atoms with Gasteiger partial charge in [0.05, 0.1) is 6.04 Å². The molecule has 26 heavy (non-hydrogen) atoms. The average Bonchev–Trinajstić information content (AvgIpc) is 3.32. The fourth-order valence-electron chi connectivity index (χ4n) is 3.92. The third-order valence-corrected chi connectivity index (χ3v) is 6.96. The number of nitrogens with one attached hydrogen (secondary N) is 1. The highest BCUT2D eigenvalue weighted by atomic mass is 32.1. The normalized spacial score (nSPS) is 16.6. The minimum absolute atomic E-state index is 0.0103. The quantitative estimate of drug-likeness (QED) is 0.663. The molecule has 6 heteroatoms. The molecule has 1 atom stereocenters. The molecule has 0 saturated heterocycles. The highest BCUT2D eigenvalue weighted by molar-refractivity contribution is 7.10. The van der Waals surface area contributed by atoms with Gasteiger partial charge in [0.1, 0.15) is 5.69 Å². The molecular formula is C20H20N2O2S2. The van der Waals surface area contributed by atoms with Gasteiger partial charge in [-0.15, -0.1) is 22.7 Å². The van der Waals surface area contributed by atoms with Gasteiger partial charge in [-0.05, 0) is 61.2 Å². The van der Waals surface area contributed by atoms with Crippen LogP contribution in [-0.4, -0.2) is 28.1 Å². The van der Waals surface area contributed by atoms with Crippen LogP contribution in [0.1, 0.15) is 60.4 Å². The fourth-order valence-corrected chi connectivity index (χ4v) is 5.68. The summed E-state index contributed by atoms with van der Waals surface area (Å²) in [5.41, 5.74) is 3.91. The Bertz CT molecular complexity index is 982. The molecular weight excluding hydrogens is 364 g/mol. The maximum atomic E-state index is 13.4. The first-order valence-corrected chi connectivity index (χ1v) is 10.4. The number of carbonyl (C=O) groups excluding carboxylic acids is 2. The molecule has 0 spiro atoms. The van der Waals surface area contributed by atoms with Crippen molar-refractivity contribution in [3.8, 4) is 0 Å².